The maximum atomic E-state index is 12.4. The van der Waals surface area contributed by atoms with Crippen molar-refractivity contribution >= 4 is 0 Å². The van der Waals surface area contributed by atoms with E-state index in [1.54, 1.807) is 0 Å². The molecule has 0 saturated carbocycles. The second-order valence-corrected chi connectivity index (χ2v) is 3.32. The summed E-state index contributed by atoms with van der Waals surface area (Å²) >= 11 is 0. The van der Waals surface area contributed by atoms with Gasteiger partial charge in [-0.25, -0.2) is 0 Å². The molecule has 1 saturated heterocycles. The molecule has 0 radical (unpaired) electrons. The van der Waals surface area contributed by atoms with Crippen molar-refractivity contribution in [3.63, 3.8) is 0 Å². The molecular formula is C7H11F3O4. The third kappa shape index (κ3) is 1.50. The molecule has 0 aromatic rings. The van der Waals surface area contributed by atoms with Gasteiger partial charge in [0.1, 0.15) is 12.2 Å². The Hall–Kier alpha value is -0.370. The molecule has 0 bridgehead atoms. The maximum absolute atomic E-state index is 12.4. The van der Waals surface area contributed by atoms with Gasteiger partial charge in [0.2, 0.25) is 5.60 Å². The molecule has 3 unspecified atom stereocenters. The first kappa shape index (κ1) is 11.7. The van der Waals surface area contributed by atoms with Crippen molar-refractivity contribution in [3.8, 4) is 0 Å². The predicted molar refractivity (Wildman–Crippen MR) is 38.4 cm³/mol. The summed E-state index contributed by atoms with van der Waals surface area (Å²) in [6.07, 6.45) is -10.6. The van der Waals surface area contributed by atoms with Gasteiger partial charge in [-0.1, -0.05) is 0 Å². The average molecular weight is 216 g/mol. The standard InChI is InChI=1S/C7H11F3O4/c1-3-5(12)6(13,7(8,9)10)4(11)2-14-3/h3-5,11-13H,2H2,1H3/t3?,4?,5-,6?/m1/s1. The van der Waals surface area contributed by atoms with Gasteiger partial charge in [-0.2, -0.15) is 13.2 Å². The van der Waals surface area contributed by atoms with Crippen LogP contribution in [0.4, 0.5) is 13.2 Å². The molecule has 1 rings (SSSR count). The Morgan fingerprint density at radius 3 is 2.21 bits per heavy atom. The van der Waals surface area contributed by atoms with E-state index in [0.29, 0.717) is 0 Å². The second-order valence-electron chi connectivity index (χ2n) is 3.32. The van der Waals surface area contributed by atoms with Crippen LogP contribution in [0, 0.1) is 0 Å². The number of ether oxygens (including phenoxy) is 1. The average Bonchev–Trinajstić information content (AvgIpc) is 2.06. The quantitative estimate of drug-likeness (QED) is 0.506. The molecule has 84 valence electrons. The summed E-state index contributed by atoms with van der Waals surface area (Å²) in [6.45, 7) is 0.529. The zero-order valence-corrected chi connectivity index (χ0v) is 7.32. The molecule has 0 aliphatic carbocycles. The zero-order valence-electron chi connectivity index (χ0n) is 7.32. The van der Waals surface area contributed by atoms with Crippen LogP contribution in [0.25, 0.3) is 0 Å². The van der Waals surface area contributed by atoms with E-state index in [9.17, 15) is 18.3 Å². The lowest BCUT2D eigenvalue weighted by atomic mass is 9.85. The summed E-state index contributed by atoms with van der Waals surface area (Å²) in [7, 11) is 0. The van der Waals surface area contributed by atoms with Gasteiger partial charge in [0, 0.05) is 0 Å². The second kappa shape index (κ2) is 3.34. The summed E-state index contributed by atoms with van der Waals surface area (Å²) in [6, 6.07) is 0. The minimum atomic E-state index is -5.09. The van der Waals surface area contributed by atoms with E-state index >= 15 is 0 Å². The highest BCUT2D eigenvalue weighted by atomic mass is 19.4. The van der Waals surface area contributed by atoms with E-state index < -0.39 is 36.7 Å². The number of aliphatic hydroxyl groups excluding tert-OH is 2. The summed E-state index contributed by atoms with van der Waals surface area (Å²) < 4.78 is 41.8. The van der Waals surface area contributed by atoms with Gasteiger partial charge in [-0.15, -0.1) is 0 Å². The molecule has 3 N–H and O–H groups in total. The topological polar surface area (TPSA) is 69.9 Å². The molecular weight excluding hydrogens is 205 g/mol. The molecule has 0 amide bonds. The first-order valence-corrected chi connectivity index (χ1v) is 3.98. The van der Waals surface area contributed by atoms with E-state index in [1.807, 2.05) is 0 Å². The van der Waals surface area contributed by atoms with Gasteiger partial charge < -0.3 is 20.1 Å². The van der Waals surface area contributed by atoms with E-state index in [1.165, 1.54) is 6.92 Å². The fourth-order valence-corrected chi connectivity index (χ4v) is 1.37. The molecule has 1 heterocycles. The minimum absolute atomic E-state index is 0.658. The van der Waals surface area contributed by atoms with Crippen molar-refractivity contribution in [2.24, 2.45) is 0 Å². The van der Waals surface area contributed by atoms with Crippen LogP contribution in [0.5, 0.6) is 0 Å². The number of hydrogen-bond donors (Lipinski definition) is 3. The van der Waals surface area contributed by atoms with Crippen molar-refractivity contribution in [2.45, 2.75) is 37.0 Å². The highest BCUT2D eigenvalue weighted by Gasteiger charge is 2.66. The van der Waals surface area contributed by atoms with E-state index in [2.05, 4.69) is 4.74 Å². The predicted octanol–water partition coefficient (Wildman–Crippen LogP) is -0.580. The van der Waals surface area contributed by atoms with Crippen molar-refractivity contribution in [3.05, 3.63) is 0 Å². The third-order valence-electron chi connectivity index (χ3n) is 2.37. The van der Waals surface area contributed by atoms with Crippen LogP contribution in [0.3, 0.4) is 0 Å². The zero-order chi connectivity index (χ0) is 11.1. The molecule has 7 heteroatoms. The Morgan fingerprint density at radius 2 is 1.86 bits per heavy atom. The third-order valence-corrected chi connectivity index (χ3v) is 2.37. The number of halogens is 3. The molecule has 0 aromatic carbocycles. The summed E-state index contributed by atoms with van der Waals surface area (Å²) in [5.74, 6) is 0. The Bertz CT molecular complexity index is 219. The fraction of sp³-hybridized carbons (Fsp3) is 1.00. The van der Waals surface area contributed by atoms with Gasteiger partial charge in [0.15, 0.2) is 0 Å². The monoisotopic (exact) mass is 216 g/mol. The van der Waals surface area contributed by atoms with Crippen LogP contribution in [0.1, 0.15) is 6.92 Å². The molecule has 4 atom stereocenters. The van der Waals surface area contributed by atoms with E-state index in [0.717, 1.165) is 0 Å². The van der Waals surface area contributed by atoms with Crippen molar-refractivity contribution in [2.75, 3.05) is 6.61 Å². The summed E-state index contributed by atoms with van der Waals surface area (Å²) in [5, 5.41) is 27.4. The number of aliphatic hydroxyl groups is 3. The van der Waals surface area contributed by atoms with Gasteiger partial charge in [-0.3, -0.25) is 0 Å². The summed E-state index contributed by atoms with van der Waals surface area (Å²) in [5.41, 5.74) is -3.51. The van der Waals surface area contributed by atoms with Crippen LogP contribution < -0.4 is 0 Å². The van der Waals surface area contributed by atoms with Crippen molar-refractivity contribution in [1.29, 1.82) is 0 Å². The van der Waals surface area contributed by atoms with Crippen molar-refractivity contribution in [1.82, 2.24) is 0 Å². The SMILES string of the molecule is CC1OCC(O)C(O)(C(F)(F)F)[C@@H]1O. The molecule has 0 spiro atoms. The van der Waals surface area contributed by atoms with Gasteiger partial charge in [0.25, 0.3) is 0 Å². The summed E-state index contributed by atoms with van der Waals surface area (Å²) in [4.78, 5) is 0. The lowest BCUT2D eigenvalue weighted by Crippen LogP contribution is -2.69. The van der Waals surface area contributed by atoms with Gasteiger partial charge in [0.05, 0.1) is 12.7 Å². The van der Waals surface area contributed by atoms with Gasteiger partial charge >= 0.3 is 6.18 Å². The van der Waals surface area contributed by atoms with Crippen LogP contribution in [-0.4, -0.2) is 52.0 Å². The van der Waals surface area contributed by atoms with Crippen LogP contribution in [-0.2, 0) is 4.74 Å². The molecule has 1 aliphatic heterocycles. The normalized spacial score (nSPS) is 45.2. The highest BCUT2D eigenvalue weighted by molar-refractivity contribution is 5.04. The number of hydrogen-bond acceptors (Lipinski definition) is 4. The first-order chi connectivity index (χ1) is 6.21. The first-order valence-electron chi connectivity index (χ1n) is 3.98. The maximum Gasteiger partial charge on any atom is 0.422 e. The number of alkyl halides is 3. The molecule has 4 nitrogen and oxygen atoms in total. The lowest BCUT2D eigenvalue weighted by molar-refractivity contribution is -0.353. The Labute approximate surface area is 77.9 Å². The smallest absolute Gasteiger partial charge is 0.387 e. The Morgan fingerprint density at radius 1 is 1.36 bits per heavy atom. The van der Waals surface area contributed by atoms with E-state index in [4.69, 9.17) is 10.2 Å². The Kier molecular flexibility index (Phi) is 2.79. The molecule has 0 aromatic heterocycles. The van der Waals surface area contributed by atoms with Crippen LogP contribution in [0.15, 0.2) is 0 Å². The van der Waals surface area contributed by atoms with Crippen LogP contribution in [0.2, 0.25) is 0 Å². The molecule has 1 aliphatic rings. The fourth-order valence-electron chi connectivity index (χ4n) is 1.37. The number of rotatable bonds is 0. The highest BCUT2D eigenvalue weighted by Crippen LogP contribution is 2.39. The largest absolute Gasteiger partial charge is 0.422 e. The lowest BCUT2D eigenvalue weighted by Gasteiger charge is -2.44. The Balaban J connectivity index is 3.02. The van der Waals surface area contributed by atoms with Crippen LogP contribution >= 0.6 is 0 Å². The van der Waals surface area contributed by atoms with E-state index in [-0.39, 0.29) is 0 Å². The van der Waals surface area contributed by atoms with Crippen molar-refractivity contribution < 1.29 is 33.2 Å². The minimum Gasteiger partial charge on any atom is -0.387 e. The molecule has 1 fully saturated rings. The van der Waals surface area contributed by atoms with Gasteiger partial charge in [-0.05, 0) is 6.92 Å². The molecule has 14 heavy (non-hydrogen) atoms.